The van der Waals surface area contributed by atoms with Crippen LogP contribution in [0.15, 0.2) is 24.3 Å². The normalized spacial score (nSPS) is 11.9. The van der Waals surface area contributed by atoms with E-state index in [-0.39, 0.29) is 18.2 Å². The van der Waals surface area contributed by atoms with Crippen LogP contribution in [-0.4, -0.2) is 18.9 Å². The highest BCUT2D eigenvalue weighted by Crippen LogP contribution is 2.16. The van der Waals surface area contributed by atoms with Crippen molar-refractivity contribution >= 4 is 23.4 Å². The fraction of sp³-hybridized carbons (Fsp3) is 0.333. The molecule has 0 aliphatic heterocycles. The highest BCUT2D eigenvalue weighted by Gasteiger charge is 2.18. The van der Waals surface area contributed by atoms with Crippen LogP contribution in [-0.2, 0) is 9.53 Å². The Morgan fingerprint density at radius 3 is 2.69 bits per heavy atom. The molecule has 1 unspecified atom stereocenters. The molecule has 0 spiro atoms. The molecule has 0 amide bonds. The first kappa shape index (κ1) is 12.7. The molecule has 1 atom stereocenters. The van der Waals surface area contributed by atoms with Crippen LogP contribution >= 0.6 is 11.6 Å². The van der Waals surface area contributed by atoms with Crippen LogP contribution in [0.3, 0.4) is 0 Å². The molecule has 0 fully saturated rings. The Labute approximate surface area is 99.4 Å². The first-order chi connectivity index (χ1) is 7.54. The van der Waals surface area contributed by atoms with Crippen LogP contribution in [0.5, 0.6) is 0 Å². The standard InChI is InChI=1S/C12H13ClO3/c1-8(6-11(14)16-2)12(15)9-4-3-5-10(13)7-9/h3-5,7-8H,6H2,1-2H3. The van der Waals surface area contributed by atoms with E-state index >= 15 is 0 Å². The highest BCUT2D eigenvalue weighted by atomic mass is 35.5. The lowest BCUT2D eigenvalue weighted by molar-refractivity contribution is -0.141. The van der Waals surface area contributed by atoms with Crippen molar-refractivity contribution in [3.05, 3.63) is 34.9 Å². The second-order valence-corrected chi connectivity index (χ2v) is 3.99. The predicted molar refractivity (Wildman–Crippen MR) is 61.6 cm³/mol. The molecule has 0 aromatic heterocycles. The van der Waals surface area contributed by atoms with Crippen molar-refractivity contribution in [2.75, 3.05) is 7.11 Å². The van der Waals surface area contributed by atoms with Crippen molar-refractivity contribution in [2.24, 2.45) is 5.92 Å². The minimum absolute atomic E-state index is 0.0852. The Kier molecular flexibility index (Phi) is 4.50. The lowest BCUT2D eigenvalue weighted by Gasteiger charge is -2.08. The van der Waals surface area contributed by atoms with Gasteiger partial charge in [0.1, 0.15) is 0 Å². The van der Waals surface area contributed by atoms with E-state index in [0.717, 1.165) is 0 Å². The number of halogens is 1. The van der Waals surface area contributed by atoms with Crippen LogP contribution < -0.4 is 0 Å². The number of benzene rings is 1. The zero-order valence-corrected chi connectivity index (χ0v) is 9.95. The SMILES string of the molecule is COC(=O)CC(C)C(=O)c1cccc(Cl)c1. The second-order valence-electron chi connectivity index (χ2n) is 3.56. The average molecular weight is 241 g/mol. The van der Waals surface area contributed by atoms with E-state index in [2.05, 4.69) is 4.74 Å². The molecule has 0 heterocycles. The molecule has 16 heavy (non-hydrogen) atoms. The third-order valence-electron chi connectivity index (χ3n) is 2.26. The lowest BCUT2D eigenvalue weighted by atomic mass is 9.96. The highest BCUT2D eigenvalue weighted by molar-refractivity contribution is 6.31. The first-order valence-corrected chi connectivity index (χ1v) is 5.29. The van der Waals surface area contributed by atoms with Gasteiger partial charge < -0.3 is 4.74 Å². The number of methoxy groups -OCH3 is 1. The minimum Gasteiger partial charge on any atom is -0.469 e. The van der Waals surface area contributed by atoms with Gasteiger partial charge in [-0.1, -0.05) is 30.7 Å². The first-order valence-electron chi connectivity index (χ1n) is 4.91. The average Bonchev–Trinajstić information content (AvgIpc) is 2.27. The number of rotatable bonds is 4. The summed E-state index contributed by atoms with van der Waals surface area (Å²) in [6.07, 6.45) is 0.0852. The molecule has 0 saturated heterocycles. The van der Waals surface area contributed by atoms with Crippen LogP contribution in [0.4, 0.5) is 0 Å². The molecule has 1 aromatic rings. The fourth-order valence-electron chi connectivity index (χ4n) is 1.35. The van der Waals surface area contributed by atoms with E-state index < -0.39 is 5.92 Å². The van der Waals surface area contributed by atoms with Crippen LogP contribution in [0, 0.1) is 5.92 Å². The zero-order valence-electron chi connectivity index (χ0n) is 9.20. The summed E-state index contributed by atoms with van der Waals surface area (Å²) in [7, 11) is 1.30. The van der Waals surface area contributed by atoms with Crippen molar-refractivity contribution in [3.8, 4) is 0 Å². The fourth-order valence-corrected chi connectivity index (χ4v) is 1.54. The Bertz CT molecular complexity index is 401. The van der Waals surface area contributed by atoms with Crippen molar-refractivity contribution in [3.63, 3.8) is 0 Å². The topological polar surface area (TPSA) is 43.4 Å². The maximum absolute atomic E-state index is 11.9. The molecule has 4 heteroatoms. The van der Waals surface area contributed by atoms with Crippen LogP contribution in [0.1, 0.15) is 23.7 Å². The molecular weight excluding hydrogens is 228 g/mol. The molecule has 0 radical (unpaired) electrons. The van der Waals surface area contributed by atoms with Gasteiger partial charge >= 0.3 is 5.97 Å². The van der Waals surface area contributed by atoms with E-state index in [1.165, 1.54) is 7.11 Å². The number of ether oxygens (including phenoxy) is 1. The largest absolute Gasteiger partial charge is 0.469 e. The summed E-state index contributed by atoms with van der Waals surface area (Å²) in [6, 6.07) is 6.68. The summed E-state index contributed by atoms with van der Waals surface area (Å²) in [5.41, 5.74) is 0.518. The summed E-state index contributed by atoms with van der Waals surface area (Å²) in [5.74, 6) is -0.887. The summed E-state index contributed by atoms with van der Waals surface area (Å²) < 4.78 is 4.51. The van der Waals surface area contributed by atoms with Gasteiger partial charge in [-0.25, -0.2) is 0 Å². The number of hydrogen-bond donors (Lipinski definition) is 0. The number of Topliss-reactive ketones (excluding diaryl/α,β-unsaturated/α-hetero) is 1. The van der Waals surface area contributed by atoms with Crippen molar-refractivity contribution < 1.29 is 14.3 Å². The predicted octanol–water partition coefficient (Wildman–Crippen LogP) is 2.72. The van der Waals surface area contributed by atoms with Gasteiger partial charge in [-0.05, 0) is 12.1 Å². The maximum atomic E-state index is 11.9. The van der Waals surface area contributed by atoms with Gasteiger partial charge in [-0.15, -0.1) is 0 Å². The molecule has 0 aliphatic rings. The van der Waals surface area contributed by atoms with Gasteiger partial charge in [0, 0.05) is 16.5 Å². The molecule has 86 valence electrons. The van der Waals surface area contributed by atoms with Gasteiger partial charge in [0.25, 0.3) is 0 Å². The van der Waals surface area contributed by atoms with Gasteiger partial charge in [-0.2, -0.15) is 0 Å². The summed E-state index contributed by atoms with van der Waals surface area (Å²) in [4.78, 5) is 22.9. The van der Waals surface area contributed by atoms with E-state index in [4.69, 9.17) is 11.6 Å². The number of ketones is 1. The third-order valence-corrected chi connectivity index (χ3v) is 2.49. The molecule has 1 aromatic carbocycles. The quantitative estimate of drug-likeness (QED) is 0.600. The summed E-state index contributed by atoms with van der Waals surface area (Å²) >= 11 is 5.78. The van der Waals surface area contributed by atoms with Gasteiger partial charge in [-0.3, -0.25) is 9.59 Å². The smallest absolute Gasteiger partial charge is 0.306 e. The molecular formula is C12H13ClO3. The molecule has 1 rings (SSSR count). The molecule has 3 nitrogen and oxygen atoms in total. The lowest BCUT2D eigenvalue weighted by Crippen LogP contribution is -2.16. The van der Waals surface area contributed by atoms with Gasteiger partial charge in [0.15, 0.2) is 5.78 Å². The van der Waals surface area contributed by atoms with Crippen molar-refractivity contribution in [2.45, 2.75) is 13.3 Å². The number of carbonyl (C=O) groups excluding carboxylic acids is 2. The Hall–Kier alpha value is -1.35. The monoisotopic (exact) mass is 240 g/mol. The Morgan fingerprint density at radius 2 is 2.12 bits per heavy atom. The van der Waals surface area contributed by atoms with Gasteiger partial charge in [0.05, 0.1) is 13.5 Å². The molecule has 0 bridgehead atoms. The number of esters is 1. The van der Waals surface area contributed by atoms with Crippen molar-refractivity contribution in [1.82, 2.24) is 0 Å². The summed E-state index contributed by atoms with van der Waals surface area (Å²) in [5, 5.41) is 0.510. The Morgan fingerprint density at radius 1 is 1.44 bits per heavy atom. The number of carbonyl (C=O) groups is 2. The van der Waals surface area contributed by atoms with E-state index in [0.29, 0.717) is 10.6 Å². The van der Waals surface area contributed by atoms with E-state index in [9.17, 15) is 9.59 Å². The minimum atomic E-state index is -0.397. The third kappa shape index (κ3) is 3.35. The summed E-state index contributed by atoms with van der Waals surface area (Å²) in [6.45, 7) is 1.69. The molecule has 0 aliphatic carbocycles. The van der Waals surface area contributed by atoms with Crippen LogP contribution in [0.25, 0.3) is 0 Å². The van der Waals surface area contributed by atoms with E-state index in [1.54, 1.807) is 31.2 Å². The molecule has 0 N–H and O–H groups in total. The zero-order chi connectivity index (χ0) is 12.1. The van der Waals surface area contributed by atoms with Crippen molar-refractivity contribution in [1.29, 1.82) is 0 Å². The van der Waals surface area contributed by atoms with E-state index in [1.807, 2.05) is 0 Å². The second kappa shape index (κ2) is 5.66. The molecule has 0 saturated carbocycles. The maximum Gasteiger partial charge on any atom is 0.306 e. The Balaban J connectivity index is 2.74. The number of hydrogen-bond acceptors (Lipinski definition) is 3. The van der Waals surface area contributed by atoms with Crippen LogP contribution in [0.2, 0.25) is 5.02 Å². The van der Waals surface area contributed by atoms with Gasteiger partial charge in [0.2, 0.25) is 0 Å².